The van der Waals surface area contributed by atoms with E-state index in [-0.39, 0.29) is 35.3 Å². The minimum absolute atomic E-state index is 0.128. The van der Waals surface area contributed by atoms with E-state index in [2.05, 4.69) is 10.6 Å². The molecule has 0 radical (unpaired) electrons. The van der Waals surface area contributed by atoms with Gasteiger partial charge in [-0.2, -0.15) is 5.26 Å². The maximum atomic E-state index is 13.3. The number of piperidine rings is 1. The first kappa shape index (κ1) is 26.2. The van der Waals surface area contributed by atoms with Crippen LogP contribution in [0.5, 0.6) is 0 Å². The zero-order chi connectivity index (χ0) is 27.7. The van der Waals surface area contributed by atoms with Gasteiger partial charge in [0.1, 0.15) is 0 Å². The molecule has 10 heteroatoms. The van der Waals surface area contributed by atoms with Gasteiger partial charge in [0.15, 0.2) is 0 Å². The molecule has 1 saturated carbocycles. The molecule has 1 atom stereocenters. The van der Waals surface area contributed by atoms with Gasteiger partial charge in [0, 0.05) is 43.0 Å². The number of anilines is 1. The standard InChI is InChI=1S/C29H32N6O4/c1-18(2)35-25-12-11-22(14-24(25)27(37)34(29(35)39)16-20-5-6-20)32-28(38)33-13-3-4-23(17-33)31-26(36)21-9-7-19(15-30)8-10-21/h7-12,14,18,20,23H,3-6,13,16-17H2,1-2H3,(H,31,36)(H,32,38)/t23-/m1/s1. The summed E-state index contributed by atoms with van der Waals surface area (Å²) >= 11 is 0. The summed E-state index contributed by atoms with van der Waals surface area (Å²) in [5.41, 5.74) is 1.33. The van der Waals surface area contributed by atoms with Gasteiger partial charge in [-0.05, 0) is 87.9 Å². The number of hydrogen-bond acceptors (Lipinski definition) is 5. The average Bonchev–Trinajstić information content (AvgIpc) is 3.76. The van der Waals surface area contributed by atoms with Crippen molar-refractivity contribution in [2.45, 2.75) is 58.2 Å². The molecule has 2 N–H and O–H groups in total. The highest BCUT2D eigenvalue weighted by Gasteiger charge is 2.27. The highest BCUT2D eigenvalue weighted by Crippen LogP contribution is 2.30. The molecule has 5 rings (SSSR count). The molecule has 2 aliphatic rings. The summed E-state index contributed by atoms with van der Waals surface area (Å²) in [6, 6.07) is 12.9. The number of fused-ring (bicyclic) bond motifs is 1. The topological polar surface area (TPSA) is 129 Å². The van der Waals surface area contributed by atoms with Crippen LogP contribution in [0.3, 0.4) is 0 Å². The van der Waals surface area contributed by atoms with Crippen molar-refractivity contribution in [1.29, 1.82) is 5.26 Å². The minimum Gasteiger partial charge on any atom is -0.348 e. The van der Waals surface area contributed by atoms with E-state index in [0.717, 1.165) is 25.7 Å². The zero-order valence-corrected chi connectivity index (χ0v) is 22.1. The number of aromatic nitrogens is 2. The first-order valence-corrected chi connectivity index (χ1v) is 13.4. The third-order valence-corrected chi connectivity index (χ3v) is 7.39. The summed E-state index contributed by atoms with van der Waals surface area (Å²) in [6.45, 7) is 5.14. The Hall–Kier alpha value is -4.39. The Morgan fingerprint density at radius 2 is 1.82 bits per heavy atom. The van der Waals surface area contributed by atoms with Crippen molar-refractivity contribution < 1.29 is 9.59 Å². The lowest BCUT2D eigenvalue weighted by molar-refractivity contribution is 0.0913. The maximum absolute atomic E-state index is 13.3. The summed E-state index contributed by atoms with van der Waals surface area (Å²) in [6.07, 6.45) is 3.52. The number of carbonyl (C=O) groups excluding carboxylic acids is 2. The van der Waals surface area contributed by atoms with Crippen LogP contribution in [0.1, 0.15) is 61.5 Å². The van der Waals surface area contributed by atoms with E-state index in [9.17, 15) is 19.2 Å². The van der Waals surface area contributed by atoms with Crippen molar-refractivity contribution in [2.24, 2.45) is 5.92 Å². The Balaban J connectivity index is 1.31. The van der Waals surface area contributed by atoms with Gasteiger partial charge in [0.25, 0.3) is 11.5 Å². The van der Waals surface area contributed by atoms with Gasteiger partial charge in [-0.25, -0.2) is 9.59 Å². The van der Waals surface area contributed by atoms with Gasteiger partial charge in [0.05, 0.1) is 22.5 Å². The number of benzene rings is 2. The smallest absolute Gasteiger partial charge is 0.331 e. The van der Waals surface area contributed by atoms with Crippen molar-refractivity contribution >= 4 is 28.5 Å². The van der Waals surface area contributed by atoms with Crippen molar-refractivity contribution in [1.82, 2.24) is 19.4 Å². The molecule has 39 heavy (non-hydrogen) atoms. The Morgan fingerprint density at radius 3 is 2.49 bits per heavy atom. The number of hydrogen-bond donors (Lipinski definition) is 2. The molecule has 0 spiro atoms. The van der Waals surface area contributed by atoms with Crippen LogP contribution in [0.15, 0.2) is 52.1 Å². The zero-order valence-electron chi connectivity index (χ0n) is 22.1. The highest BCUT2D eigenvalue weighted by atomic mass is 16.2. The van der Waals surface area contributed by atoms with Crippen molar-refractivity contribution in [3.63, 3.8) is 0 Å². The molecular weight excluding hydrogens is 496 g/mol. The molecule has 0 bridgehead atoms. The molecule has 2 aromatic carbocycles. The number of nitriles is 1. The Bertz CT molecular complexity index is 1580. The Kier molecular flexibility index (Phi) is 7.24. The lowest BCUT2D eigenvalue weighted by atomic mass is 10.0. The number of carbonyl (C=O) groups is 2. The molecule has 1 aliphatic heterocycles. The van der Waals surface area contributed by atoms with Gasteiger partial charge < -0.3 is 15.5 Å². The molecule has 2 fully saturated rings. The van der Waals surface area contributed by atoms with E-state index >= 15 is 0 Å². The van der Waals surface area contributed by atoms with E-state index in [1.807, 2.05) is 19.9 Å². The monoisotopic (exact) mass is 528 g/mol. The predicted molar refractivity (Wildman–Crippen MR) is 148 cm³/mol. The number of likely N-dealkylation sites (tertiary alicyclic amines) is 1. The van der Waals surface area contributed by atoms with Crippen LogP contribution in [0.2, 0.25) is 0 Å². The maximum Gasteiger partial charge on any atom is 0.331 e. The average molecular weight is 529 g/mol. The predicted octanol–water partition coefficient (Wildman–Crippen LogP) is 3.45. The second-order valence-corrected chi connectivity index (χ2v) is 10.7. The molecule has 1 saturated heterocycles. The molecule has 3 amide bonds. The molecule has 10 nitrogen and oxygen atoms in total. The van der Waals surface area contributed by atoms with Gasteiger partial charge in [-0.3, -0.25) is 18.7 Å². The normalized spacial score (nSPS) is 17.2. The number of urea groups is 1. The van der Waals surface area contributed by atoms with Crippen LogP contribution in [0.25, 0.3) is 10.9 Å². The molecule has 202 valence electrons. The summed E-state index contributed by atoms with van der Waals surface area (Å²) in [4.78, 5) is 53.9. The van der Waals surface area contributed by atoms with Crippen molar-refractivity contribution in [3.8, 4) is 6.07 Å². The Labute approximate surface area is 225 Å². The minimum atomic E-state index is -0.335. The van der Waals surface area contributed by atoms with Crippen LogP contribution >= 0.6 is 0 Å². The number of nitrogens with one attached hydrogen (secondary N) is 2. The number of rotatable bonds is 6. The van der Waals surface area contributed by atoms with Crippen LogP contribution in [-0.2, 0) is 6.54 Å². The summed E-state index contributed by atoms with van der Waals surface area (Å²) in [5, 5.41) is 15.2. The van der Waals surface area contributed by atoms with Crippen molar-refractivity contribution in [2.75, 3.05) is 18.4 Å². The first-order valence-electron chi connectivity index (χ1n) is 13.4. The Morgan fingerprint density at radius 1 is 1.08 bits per heavy atom. The third kappa shape index (κ3) is 5.58. The highest BCUT2D eigenvalue weighted by molar-refractivity contribution is 5.95. The van der Waals surface area contributed by atoms with Crippen LogP contribution < -0.4 is 21.9 Å². The van der Waals surface area contributed by atoms with Gasteiger partial charge in [-0.15, -0.1) is 0 Å². The summed E-state index contributed by atoms with van der Waals surface area (Å²) in [5.74, 6) is 0.112. The molecule has 2 heterocycles. The SMILES string of the molecule is CC(C)n1c(=O)n(CC2CC2)c(=O)c2cc(NC(=O)N3CCC[C@@H](NC(=O)c4ccc(C#N)cc4)C3)ccc21. The third-order valence-electron chi connectivity index (χ3n) is 7.39. The fourth-order valence-electron chi connectivity index (χ4n) is 5.13. The molecule has 0 unspecified atom stereocenters. The molecule has 1 aliphatic carbocycles. The molecule has 3 aromatic rings. The summed E-state index contributed by atoms with van der Waals surface area (Å²) in [7, 11) is 0. The largest absolute Gasteiger partial charge is 0.348 e. The van der Waals surface area contributed by atoms with Gasteiger partial charge >= 0.3 is 11.7 Å². The fourth-order valence-corrected chi connectivity index (χ4v) is 5.13. The second-order valence-electron chi connectivity index (χ2n) is 10.7. The first-order chi connectivity index (χ1) is 18.7. The van der Waals surface area contributed by atoms with E-state index in [4.69, 9.17) is 5.26 Å². The van der Waals surface area contributed by atoms with E-state index in [1.165, 1.54) is 4.57 Å². The van der Waals surface area contributed by atoms with Gasteiger partial charge in [0.2, 0.25) is 0 Å². The number of amides is 3. The van der Waals surface area contributed by atoms with Crippen LogP contribution in [0, 0.1) is 17.2 Å². The van der Waals surface area contributed by atoms with Crippen LogP contribution in [-0.4, -0.2) is 45.1 Å². The van der Waals surface area contributed by atoms with E-state index in [0.29, 0.717) is 53.3 Å². The van der Waals surface area contributed by atoms with E-state index in [1.54, 1.807) is 51.9 Å². The second kappa shape index (κ2) is 10.8. The molecular formula is C29H32N6O4. The molecule has 1 aromatic heterocycles. The van der Waals surface area contributed by atoms with E-state index < -0.39 is 0 Å². The quantitative estimate of drug-likeness (QED) is 0.506. The van der Waals surface area contributed by atoms with Gasteiger partial charge in [-0.1, -0.05) is 0 Å². The van der Waals surface area contributed by atoms with Crippen molar-refractivity contribution in [3.05, 3.63) is 74.4 Å². The number of nitrogens with zero attached hydrogens (tertiary/aromatic N) is 4. The fraction of sp³-hybridized carbons (Fsp3) is 0.414. The lowest BCUT2D eigenvalue weighted by Crippen LogP contribution is -2.50. The van der Waals surface area contributed by atoms with Crippen LogP contribution in [0.4, 0.5) is 10.5 Å². The summed E-state index contributed by atoms with van der Waals surface area (Å²) < 4.78 is 2.97. The lowest BCUT2D eigenvalue weighted by Gasteiger charge is -2.33.